The number of pyridine rings is 1. The molecule has 0 radical (unpaired) electrons. The van der Waals surface area contributed by atoms with Gasteiger partial charge in [-0.15, -0.1) is 13.2 Å². The molecule has 0 unspecified atom stereocenters. The maximum Gasteiger partial charge on any atom is 0.573 e. The van der Waals surface area contributed by atoms with Gasteiger partial charge in [0.2, 0.25) is 9.84 Å². The van der Waals surface area contributed by atoms with Gasteiger partial charge in [0.25, 0.3) is 0 Å². The van der Waals surface area contributed by atoms with Crippen LogP contribution in [0.25, 0.3) is 10.9 Å². The first kappa shape index (κ1) is 23.3. The standard InChI is InChI=1S/C22H22F3N3O4S/c1-2-15-3-6-17(7-4-15)33(29,30)20-14-26-19-8-5-16(32-22(23,24)25)13-18(19)21(20)27-28-9-11-31-12-10-28/h3-8,13-14H,2,9-12H2,1H3,(H,26,27). The first-order valence-electron chi connectivity index (χ1n) is 10.3. The van der Waals surface area contributed by atoms with E-state index in [0.29, 0.717) is 31.8 Å². The number of nitrogens with one attached hydrogen (secondary N) is 1. The summed E-state index contributed by atoms with van der Waals surface area (Å²) in [6.07, 6.45) is -2.91. The summed E-state index contributed by atoms with van der Waals surface area (Å²) in [4.78, 5) is 4.12. The van der Waals surface area contributed by atoms with Crippen molar-refractivity contribution in [3.63, 3.8) is 0 Å². The minimum atomic E-state index is -4.89. The third-order valence-corrected chi connectivity index (χ3v) is 7.03. The van der Waals surface area contributed by atoms with Crippen molar-refractivity contribution < 1.29 is 31.1 Å². The molecule has 0 atom stereocenters. The highest BCUT2D eigenvalue weighted by molar-refractivity contribution is 7.91. The maximum absolute atomic E-state index is 13.5. The van der Waals surface area contributed by atoms with E-state index in [1.54, 1.807) is 17.1 Å². The van der Waals surface area contributed by atoms with Crippen molar-refractivity contribution in [1.29, 1.82) is 0 Å². The fourth-order valence-corrected chi connectivity index (χ4v) is 4.90. The molecule has 1 aromatic heterocycles. The van der Waals surface area contributed by atoms with Gasteiger partial charge in [0.15, 0.2) is 0 Å². The van der Waals surface area contributed by atoms with Crippen molar-refractivity contribution in [1.82, 2.24) is 9.99 Å². The van der Waals surface area contributed by atoms with Crippen LogP contribution in [0.15, 0.2) is 58.5 Å². The van der Waals surface area contributed by atoms with Crippen molar-refractivity contribution in [2.45, 2.75) is 29.5 Å². The number of rotatable bonds is 6. The fraction of sp³-hybridized carbons (Fsp3) is 0.318. The van der Waals surface area contributed by atoms with Crippen LogP contribution in [0.3, 0.4) is 0 Å². The lowest BCUT2D eigenvalue weighted by atomic mass is 10.2. The number of fused-ring (bicyclic) bond motifs is 1. The van der Waals surface area contributed by atoms with E-state index in [9.17, 15) is 21.6 Å². The summed E-state index contributed by atoms with van der Waals surface area (Å²) in [5.41, 5.74) is 4.51. The molecule has 33 heavy (non-hydrogen) atoms. The Morgan fingerprint density at radius 3 is 2.45 bits per heavy atom. The molecular weight excluding hydrogens is 459 g/mol. The van der Waals surface area contributed by atoms with Crippen molar-refractivity contribution in [3.8, 4) is 5.75 Å². The zero-order valence-electron chi connectivity index (χ0n) is 17.7. The smallest absolute Gasteiger partial charge is 0.406 e. The molecule has 0 spiro atoms. The van der Waals surface area contributed by atoms with E-state index in [0.717, 1.165) is 24.1 Å². The Hall–Kier alpha value is -2.89. The highest BCUT2D eigenvalue weighted by Crippen LogP contribution is 2.36. The van der Waals surface area contributed by atoms with E-state index < -0.39 is 21.9 Å². The number of halogens is 3. The monoisotopic (exact) mass is 481 g/mol. The summed E-state index contributed by atoms with van der Waals surface area (Å²) in [6, 6.07) is 10.1. The third-order valence-electron chi connectivity index (χ3n) is 5.25. The Kier molecular flexibility index (Phi) is 6.46. The molecule has 11 heteroatoms. The van der Waals surface area contributed by atoms with Crippen LogP contribution in [0.5, 0.6) is 5.75 Å². The first-order valence-corrected chi connectivity index (χ1v) is 11.8. The number of nitrogens with zero attached hydrogens (tertiary/aromatic N) is 2. The normalized spacial score (nSPS) is 15.5. The molecule has 2 heterocycles. The predicted octanol–water partition coefficient (Wildman–Crippen LogP) is 4.19. The summed E-state index contributed by atoms with van der Waals surface area (Å²) < 4.78 is 74.8. The lowest BCUT2D eigenvalue weighted by molar-refractivity contribution is -0.274. The minimum Gasteiger partial charge on any atom is -0.406 e. The van der Waals surface area contributed by atoms with Gasteiger partial charge in [-0.2, -0.15) is 0 Å². The number of hydrazine groups is 1. The molecule has 0 amide bonds. The number of sulfone groups is 1. The van der Waals surface area contributed by atoms with Crippen LogP contribution in [0.4, 0.5) is 18.9 Å². The molecule has 1 N–H and O–H groups in total. The highest BCUT2D eigenvalue weighted by Gasteiger charge is 2.32. The van der Waals surface area contributed by atoms with E-state index >= 15 is 0 Å². The van der Waals surface area contributed by atoms with Crippen molar-refractivity contribution >= 4 is 26.4 Å². The maximum atomic E-state index is 13.5. The van der Waals surface area contributed by atoms with Gasteiger partial charge in [-0.05, 0) is 42.3 Å². The van der Waals surface area contributed by atoms with Crippen molar-refractivity contribution in [3.05, 3.63) is 54.2 Å². The average molecular weight is 481 g/mol. The molecule has 1 saturated heterocycles. The van der Waals surface area contributed by atoms with E-state index in [-0.39, 0.29) is 20.9 Å². The number of anilines is 1. The number of ether oxygens (including phenoxy) is 2. The van der Waals surface area contributed by atoms with Gasteiger partial charge in [-0.3, -0.25) is 4.98 Å². The van der Waals surface area contributed by atoms with Crippen molar-refractivity contribution in [2.24, 2.45) is 0 Å². The molecule has 1 aliphatic rings. The predicted molar refractivity (Wildman–Crippen MR) is 116 cm³/mol. The van der Waals surface area contributed by atoms with Crippen LogP contribution in [-0.4, -0.2) is 51.1 Å². The second kappa shape index (κ2) is 9.16. The summed E-state index contributed by atoms with van der Waals surface area (Å²) in [6.45, 7) is 3.75. The summed E-state index contributed by atoms with van der Waals surface area (Å²) >= 11 is 0. The van der Waals surface area contributed by atoms with Gasteiger partial charge in [-0.1, -0.05) is 19.1 Å². The van der Waals surface area contributed by atoms with Crippen LogP contribution in [0.2, 0.25) is 0 Å². The summed E-state index contributed by atoms with van der Waals surface area (Å²) in [5, 5.41) is 1.95. The van der Waals surface area contributed by atoms with E-state index in [1.165, 1.54) is 24.4 Å². The topological polar surface area (TPSA) is 80.8 Å². The Balaban J connectivity index is 1.86. The Bertz CT molecular complexity index is 1240. The largest absolute Gasteiger partial charge is 0.573 e. The molecule has 4 rings (SSSR count). The second-order valence-electron chi connectivity index (χ2n) is 7.44. The fourth-order valence-electron chi connectivity index (χ4n) is 3.53. The average Bonchev–Trinajstić information content (AvgIpc) is 2.79. The molecule has 1 aliphatic heterocycles. The molecule has 176 valence electrons. The number of benzene rings is 2. The molecule has 1 fully saturated rings. The number of morpholine rings is 1. The molecule has 2 aromatic carbocycles. The first-order chi connectivity index (χ1) is 15.7. The number of aryl methyl sites for hydroxylation is 1. The lowest BCUT2D eigenvalue weighted by Crippen LogP contribution is -2.40. The van der Waals surface area contributed by atoms with Crippen LogP contribution >= 0.6 is 0 Å². The SMILES string of the molecule is CCc1ccc(S(=O)(=O)c2cnc3ccc(OC(F)(F)F)cc3c2NN2CCOCC2)cc1. The van der Waals surface area contributed by atoms with Gasteiger partial charge in [0, 0.05) is 24.7 Å². The van der Waals surface area contributed by atoms with Gasteiger partial charge in [-0.25, -0.2) is 13.4 Å². The van der Waals surface area contributed by atoms with Gasteiger partial charge < -0.3 is 14.9 Å². The van der Waals surface area contributed by atoms with Crippen LogP contribution in [0, 0.1) is 0 Å². The Morgan fingerprint density at radius 2 is 1.82 bits per heavy atom. The Labute approximate surface area is 189 Å². The van der Waals surface area contributed by atoms with Gasteiger partial charge >= 0.3 is 6.36 Å². The number of alkyl halides is 3. The second-order valence-corrected chi connectivity index (χ2v) is 9.35. The number of hydrogen-bond donors (Lipinski definition) is 1. The zero-order valence-corrected chi connectivity index (χ0v) is 18.5. The third kappa shape index (κ3) is 5.21. The van der Waals surface area contributed by atoms with Crippen LogP contribution in [-0.2, 0) is 21.0 Å². The molecule has 7 nitrogen and oxygen atoms in total. The van der Waals surface area contributed by atoms with Crippen LogP contribution in [0.1, 0.15) is 12.5 Å². The number of hydrogen-bond acceptors (Lipinski definition) is 7. The van der Waals surface area contributed by atoms with Crippen molar-refractivity contribution in [2.75, 3.05) is 31.7 Å². The summed E-state index contributed by atoms with van der Waals surface area (Å²) in [5.74, 6) is -0.469. The van der Waals surface area contributed by atoms with E-state index in [2.05, 4.69) is 15.1 Å². The zero-order chi connectivity index (χ0) is 23.6. The lowest BCUT2D eigenvalue weighted by Gasteiger charge is -2.29. The molecular formula is C22H22F3N3O4S. The molecule has 0 aliphatic carbocycles. The number of aromatic nitrogens is 1. The van der Waals surface area contributed by atoms with Gasteiger partial charge in [0.05, 0.1) is 29.3 Å². The van der Waals surface area contributed by atoms with E-state index in [4.69, 9.17) is 4.74 Å². The minimum absolute atomic E-state index is 0.0635. The molecule has 0 saturated carbocycles. The summed E-state index contributed by atoms with van der Waals surface area (Å²) in [7, 11) is -4.03. The molecule has 0 bridgehead atoms. The molecule has 3 aromatic rings. The van der Waals surface area contributed by atoms with E-state index in [1.807, 2.05) is 6.92 Å². The highest BCUT2D eigenvalue weighted by atomic mass is 32.2. The van der Waals surface area contributed by atoms with Crippen LogP contribution < -0.4 is 10.2 Å². The van der Waals surface area contributed by atoms with Gasteiger partial charge in [0.1, 0.15) is 10.6 Å². The quantitative estimate of drug-likeness (QED) is 0.566. The Morgan fingerprint density at radius 1 is 1.12 bits per heavy atom.